The number of ether oxygens (including phenoxy) is 1. The van der Waals surface area contributed by atoms with E-state index in [9.17, 15) is 0 Å². The molecule has 0 bridgehead atoms. The molecule has 1 aliphatic rings. The van der Waals surface area contributed by atoms with Crippen LogP contribution in [0.15, 0.2) is 30.5 Å². The fourth-order valence-electron chi connectivity index (χ4n) is 2.08. The highest BCUT2D eigenvalue weighted by atomic mass is 35.5. The molecule has 19 heavy (non-hydrogen) atoms. The largest absolute Gasteiger partial charge is 0.459 e. The van der Waals surface area contributed by atoms with Gasteiger partial charge in [0.2, 0.25) is 0 Å². The fourth-order valence-corrected chi connectivity index (χ4v) is 2.08. The average Bonchev–Trinajstić information content (AvgIpc) is 2.40. The molecule has 1 aromatic heterocycles. The molecule has 1 fully saturated rings. The molecule has 0 spiro atoms. The lowest BCUT2D eigenvalue weighted by Crippen LogP contribution is -2.37. The van der Waals surface area contributed by atoms with Gasteiger partial charge in [-0.1, -0.05) is 18.2 Å². The Labute approximate surface area is 124 Å². The minimum absolute atomic E-state index is 0. The maximum absolute atomic E-state index is 5.78. The number of halogens is 2. The number of nitrogens with zero attached hydrogens (tertiary/aromatic N) is 2. The molecule has 1 atom stereocenters. The van der Waals surface area contributed by atoms with Crippen molar-refractivity contribution in [3.63, 3.8) is 0 Å². The quantitative estimate of drug-likeness (QED) is 0.926. The lowest BCUT2D eigenvalue weighted by Gasteiger charge is -2.22. The number of benzene rings is 1. The van der Waals surface area contributed by atoms with E-state index < -0.39 is 0 Å². The third kappa shape index (κ3) is 3.93. The highest BCUT2D eigenvalue weighted by molar-refractivity contribution is 5.85. The number of nitrogens with one attached hydrogen (secondary N) is 1. The van der Waals surface area contributed by atoms with Crippen LogP contribution in [-0.4, -0.2) is 29.2 Å². The van der Waals surface area contributed by atoms with Crippen molar-refractivity contribution < 1.29 is 4.74 Å². The number of rotatable bonds is 2. The van der Waals surface area contributed by atoms with Gasteiger partial charge in [-0.25, -0.2) is 4.98 Å². The van der Waals surface area contributed by atoms with Crippen LogP contribution in [0.4, 0.5) is 0 Å². The predicted molar refractivity (Wildman–Crippen MR) is 80.6 cm³/mol. The Morgan fingerprint density at radius 3 is 2.84 bits per heavy atom. The number of piperidine rings is 1. The van der Waals surface area contributed by atoms with E-state index in [1.54, 1.807) is 0 Å². The minimum atomic E-state index is 0. The Balaban J connectivity index is 0.000000902. The van der Waals surface area contributed by atoms with Crippen LogP contribution in [0, 0.1) is 0 Å². The van der Waals surface area contributed by atoms with Crippen molar-refractivity contribution in [1.29, 1.82) is 0 Å². The van der Waals surface area contributed by atoms with Crippen LogP contribution in [0.5, 0.6) is 6.01 Å². The standard InChI is InChI=1S/C13H15N3O.2ClH/c1-2-6-12-10(4-1)8-15-13(16-12)17-11-5-3-7-14-9-11;;/h1-2,4,6,8,11,14H,3,5,7,9H2;2*1H. The van der Waals surface area contributed by atoms with E-state index in [-0.39, 0.29) is 30.9 Å². The molecule has 0 aliphatic carbocycles. The van der Waals surface area contributed by atoms with Gasteiger partial charge < -0.3 is 10.1 Å². The smallest absolute Gasteiger partial charge is 0.317 e. The van der Waals surface area contributed by atoms with Crippen LogP contribution in [0.25, 0.3) is 10.9 Å². The lowest BCUT2D eigenvalue weighted by molar-refractivity contribution is 0.154. The van der Waals surface area contributed by atoms with E-state index in [4.69, 9.17) is 4.74 Å². The minimum Gasteiger partial charge on any atom is -0.459 e. The average molecular weight is 302 g/mol. The Hall–Kier alpha value is -1.10. The second kappa shape index (κ2) is 7.48. The summed E-state index contributed by atoms with van der Waals surface area (Å²) < 4.78 is 5.78. The van der Waals surface area contributed by atoms with E-state index in [0.717, 1.165) is 36.8 Å². The van der Waals surface area contributed by atoms with Crippen LogP contribution in [0.2, 0.25) is 0 Å². The molecule has 1 aromatic carbocycles. The van der Waals surface area contributed by atoms with Gasteiger partial charge in [0.15, 0.2) is 0 Å². The summed E-state index contributed by atoms with van der Waals surface area (Å²) in [5.74, 6) is 0. The van der Waals surface area contributed by atoms with Gasteiger partial charge in [-0.2, -0.15) is 4.98 Å². The zero-order valence-corrected chi connectivity index (χ0v) is 12.0. The van der Waals surface area contributed by atoms with Crippen molar-refractivity contribution >= 4 is 35.7 Å². The highest BCUT2D eigenvalue weighted by Crippen LogP contribution is 2.15. The molecule has 1 aliphatic heterocycles. The van der Waals surface area contributed by atoms with Crippen LogP contribution in [0.3, 0.4) is 0 Å². The molecule has 0 saturated carbocycles. The van der Waals surface area contributed by atoms with Gasteiger partial charge in [0.25, 0.3) is 0 Å². The summed E-state index contributed by atoms with van der Waals surface area (Å²) >= 11 is 0. The third-order valence-corrected chi connectivity index (χ3v) is 2.99. The van der Waals surface area contributed by atoms with E-state index in [1.807, 2.05) is 30.5 Å². The zero-order chi connectivity index (χ0) is 11.5. The summed E-state index contributed by atoms with van der Waals surface area (Å²) in [6.07, 6.45) is 4.24. The molecule has 1 saturated heterocycles. The van der Waals surface area contributed by atoms with Crippen molar-refractivity contribution in [3.8, 4) is 6.01 Å². The molecular formula is C13H17Cl2N3O. The highest BCUT2D eigenvalue weighted by Gasteiger charge is 2.15. The summed E-state index contributed by atoms with van der Waals surface area (Å²) in [6, 6.07) is 8.42. The Kier molecular flexibility index (Phi) is 6.28. The predicted octanol–water partition coefficient (Wildman–Crippen LogP) is 2.60. The summed E-state index contributed by atoms with van der Waals surface area (Å²) in [5, 5.41) is 4.35. The van der Waals surface area contributed by atoms with Gasteiger partial charge in [-0.15, -0.1) is 24.8 Å². The van der Waals surface area contributed by atoms with Gasteiger partial charge in [0.05, 0.1) is 5.52 Å². The SMILES string of the molecule is Cl.Cl.c1ccc2nc(OC3CCCNC3)ncc2c1. The summed E-state index contributed by atoms with van der Waals surface area (Å²) in [4.78, 5) is 8.65. The first-order valence-corrected chi connectivity index (χ1v) is 6.01. The molecule has 0 amide bonds. The van der Waals surface area contributed by atoms with Crippen LogP contribution in [-0.2, 0) is 0 Å². The number of aromatic nitrogens is 2. The van der Waals surface area contributed by atoms with Gasteiger partial charge >= 0.3 is 6.01 Å². The normalized spacial score (nSPS) is 18.2. The Morgan fingerprint density at radius 2 is 2.05 bits per heavy atom. The Bertz CT molecular complexity index is 518. The molecule has 104 valence electrons. The number of hydrogen-bond donors (Lipinski definition) is 1. The van der Waals surface area contributed by atoms with Gasteiger partial charge in [0, 0.05) is 18.1 Å². The van der Waals surface area contributed by atoms with Crippen LogP contribution < -0.4 is 10.1 Å². The van der Waals surface area contributed by atoms with Gasteiger partial charge in [-0.3, -0.25) is 0 Å². The van der Waals surface area contributed by atoms with Gasteiger partial charge in [-0.05, 0) is 25.5 Å². The first-order valence-electron chi connectivity index (χ1n) is 6.01. The first kappa shape index (κ1) is 16.0. The maximum atomic E-state index is 5.78. The van der Waals surface area contributed by atoms with Crippen molar-refractivity contribution in [2.24, 2.45) is 0 Å². The third-order valence-electron chi connectivity index (χ3n) is 2.99. The van der Waals surface area contributed by atoms with Crippen LogP contribution in [0.1, 0.15) is 12.8 Å². The summed E-state index contributed by atoms with van der Waals surface area (Å²) in [7, 11) is 0. The molecule has 4 nitrogen and oxygen atoms in total. The number of hydrogen-bond acceptors (Lipinski definition) is 4. The monoisotopic (exact) mass is 301 g/mol. The molecule has 6 heteroatoms. The molecule has 3 rings (SSSR count). The van der Waals surface area contributed by atoms with E-state index in [1.165, 1.54) is 0 Å². The maximum Gasteiger partial charge on any atom is 0.317 e. The molecule has 2 aromatic rings. The van der Waals surface area contributed by atoms with E-state index >= 15 is 0 Å². The first-order chi connectivity index (χ1) is 8.42. The summed E-state index contributed by atoms with van der Waals surface area (Å²) in [6.45, 7) is 1.97. The second-order valence-electron chi connectivity index (χ2n) is 4.30. The Morgan fingerprint density at radius 1 is 1.21 bits per heavy atom. The van der Waals surface area contributed by atoms with Crippen molar-refractivity contribution in [3.05, 3.63) is 30.5 Å². The lowest BCUT2D eigenvalue weighted by atomic mass is 10.1. The van der Waals surface area contributed by atoms with Crippen molar-refractivity contribution in [2.45, 2.75) is 18.9 Å². The van der Waals surface area contributed by atoms with E-state index in [2.05, 4.69) is 15.3 Å². The molecule has 1 unspecified atom stereocenters. The fraction of sp³-hybridized carbons (Fsp3) is 0.385. The molecule has 2 heterocycles. The van der Waals surface area contributed by atoms with Crippen molar-refractivity contribution in [2.75, 3.05) is 13.1 Å². The molecular weight excluding hydrogens is 285 g/mol. The van der Waals surface area contributed by atoms with Crippen molar-refractivity contribution in [1.82, 2.24) is 15.3 Å². The number of para-hydroxylation sites is 1. The molecule has 1 N–H and O–H groups in total. The zero-order valence-electron chi connectivity index (χ0n) is 10.4. The molecule has 0 radical (unpaired) electrons. The van der Waals surface area contributed by atoms with Crippen LogP contribution >= 0.6 is 24.8 Å². The topological polar surface area (TPSA) is 47.0 Å². The summed E-state index contributed by atoms with van der Waals surface area (Å²) in [5.41, 5.74) is 0.932. The van der Waals surface area contributed by atoms with E-state index in [0.29, 0.717) is 6.01 Å². The second-order valence-corrected chi connectivity index (χ2v) is 4.30. The number of fused-ring (bicyclic) bond motifs is 1. The van der Waals surface area contributed by atoms with Gasteiger partial charge in [0.1, 0.15) is 6.10 Å².